The summed E-state index contributed by atoms with van der Waals surface area (Å²) in [6.07, 6.45) is 1.83. The van der Waals surface area contributed by atoms with E-state index in [2.05, 4.69) is 5.32 Å². The lowest BCUT2D eigenvalue weighted by Gasteiger charge is -2.14. The lowest BCUT2D eigenvalue weighted by atomic mass is 10.1. The maximum atomic E-state index is 12.6. The fraction of sp³-hybridized carbons (Fsp3) is 0.150. The molecule has 0 bridgehead atoms. The number of aryl methyl sites for hydroxylation is 1. The molecule has 2 N–H and O–H groups in total. The molecule has 144 valence electrons. The monoisotopic (exact) mass is 432 g/mol. The summed E-state index contributed by atoms with van der Waals surface area (Å²) >= 11 is 12.3. The molecule has 1 aliphatic heterocycles. The van der Waals surface area contributed by atoms with Crippen molar-refractivity contribution in [1.29, 1.82) is 0 Å². The van der Waals surface area contributed by atoms with Crippen LogP contribution in [0.3, 0.4) is 0 Å². The first-order chi connectivity index (χ1) is 13.3. The number of halogens is 1. The molecule has 0 spiro atoms. The summed E-state index contributed by atoms with van der Waals surface area (Å²) in [5, 5.41) is 12.6. The van der Waals surface area contributed by atoms with E-state index in [1.807, 2.05) is 31.2 Å². The van der Waals surface area contributed by atoms with E-state index in [0.717, 1.165) is 11.1 Å². The molecule has 0 unspecified atom stereocenters. The lowest BCUT2D eigenvalue weighted by Crippen LogP contribution is -2.31. The van der Waals surface area contributed by atoms with Crippen LogP contribution in [0.4, 0.5) is 5.69 Å². The predicted octanol–water partition coefficient (Wildman–Crippen LogP) is 4.58. The standard InChI is InChI=1S/C20H17ClN2O3S2/c1-12-5-7-13(8-6-12)11-16-19(26)23(20(27)28-16)10-9-17(24)22-15-4-2-3-14(21)18(15)25/h2-8,11,25H,9-10H2,1H3,(H,22,24)/b16-11-. The van der Waals surface area contributed by atoms with Crippen molar-refractivity contribution in [3.8, 4) is 5.75 Å². The number of amides is 2. The number of phenols is 1. The van der Waals surface area contributed by atoms with Crippen LogP contribution in [0.5, 0.6) is 5.75 Å². The zero-order chi connectivity index (χ0) is 20.3. The summed E-state index contributed by atoms with van der Waals surface area (Å²) in [5.74, 6) is -0.757. The summed E-state index contributed by atoms with van der Waals surface area (Å²) in [6, 6.07) is 12.5. The maximum absolute atomic E-state index is 12.6. The van der Waals surface area contributed by atoms with Crippen LogP contribution in [0.25, 0.3) is 6.08 Å². The molecule has 0 radical (unpaired) electrons. The van der Waals surface area contributed by atoms with Gasteiger partial charge in [0, 0.05) is 13.0 Å². The van der Waals surface area contributed by atoms with Crippen molar-refractivity contribution in [2.75, 3.05) is 11.9 Å². The third-order valence-electron chi connectivity index (χ3n) is 4.07. The number of anilines is 1. The fourth-order valence-corrected chi connectivity index (χ4v) is 4.03. The number of carbonyl (C=O) groups excluding carboxylic acids is 2. The molecule has 1 fully saturated rings. The molecule has 3 rings (SSSR count). The molecule has 0 saturated carbocycles. The van der Waals surface area contributed by atoms with Gasteiger partial charge in [-0.3, -0.25) is 14.5 Å². The minimum Gasteiger partial charge on any atom is -0.504 e. The van der Waals surface area contributed by atoms with Gasteiger partial charge in [-0.25, -0.2) is 0 Å². The van der Waals surface area contributed by atoms with Gasteiger partial charge >= 0.3 is 0 Å². The van der Waals surface area contributed by atoms with Gasteiger partial charge in [-0.15, -0.1) is 0 Å². The molecule has 2 amide bonds. The molecule has 1 aliphatic rings. The molecule has 28 heavy (non-hydrogen) atoms. The Labute approximate surface area is 177 Å². The van der Waals surface area contributed by atoms with Crippen LogP contribution in [0.15, 0.2) is 47.4 Å². The number of phenolic OH excluding ortho intramolecular Hbond substituents is 1. The van der Waals surface area contributed by atoms with Gasteiger partial charge in [0.2, 0.25) is 5.91 Å². The summed E-state index contributed by atoms with van der Waals surface area (Å²) in [4.78, 5) is 26.7. The van der Waals surface area contributed by atoms with Crippen LogP contribution in [0.2, 0.25) is 5.02 Å². The van der Waals surface area contributed by atoms with Crippen LogP contribution >= 0.6 is 35.6 Å². The van der Waals surface area contributed by atoms with Gasteiger partial charge in [-0.2, -0.15) is 0 Å². The van der Waals surface area contributed by atoms with Crippen LogP contribution in [-0.4, -0.2) is 32.7 Å². The number of hydrogen-bond donors (Lipinski definition) is 2. The molecule has 1 saturated heterocycles. The average molecular weight is 433 g/mol. The molecule has 5 nitrogen and oxygen atoms in total. The SMILES string of the molecule is Cc1ccc(/C=C2\SC(=S)N(CCC(=O)Nc3cccc(Cl)c3O)C2=O)cc1. The minimum absolute atomic E-state index is 0.0379. The molecule has 2 aromatic rings. The van der Waals surface area contributed by atoms with Gasteiger partial charge in [-0.05, 0) is 30.7 Å². The third kappa shape index (κ3) is 4.73. The molecule has 8 heteroatoms. The first-order valence-corrected chi connectivity index (χ1v) is 10.0. The summed E-state index contributed by atoms with van der Waals surface area (Å²) in [7, 11) is 0. The number of benzene rings is 2. The van der Waals surface area contributed by atoms with Crippen LogP contribution < -0.4 is 5.32 Å². The summed E-state index contributed by atoms with van der Waals surface area (Å²) in [5.41, 5.74) is 2.28. The van der Waals surface area contributed by atoms with Gasteiger partial charge in [0.05, 0.1) is 15.6 Å². The van der Waals surface area contributed by atoms with Crippen molar-refractivity contribution in [3.63, 3.8) is 0 Å². The summed E-state index contributed by atoms with van der Waals surface area (Å²) < 4.78 is 0.418. The highest BCUT2D eigenvalue weighted by atomic mass is 35.5. The largest absolute Gasteiger partial charge is 0.504 e. The highest BCUT2D eigenvalue weighted by Gasteiger charge is 2.32. The maximum Gasteiger partial charge on any atom is 0.266 e. The first-order valence-electron chi connectivity index (χ1n) is 8.44. The number of thioether (sulfide) groups is 1. The number of rotatable bonds is 5. The topological polar surface area (TPSA) is 69.6 Å². The number of carbonyl (C=O) groups is 2. The molecular formula is C20H17ClN2O3S2. The Morgan fingerprint density at radius 1 is 1.29 bits per heavy atom. The van der Waals surface area contributed by atoms with Gasteiger partial charge in [0.15, 0.2) is 5.75 Å². The highest BCUT2D eigenvalue weighted by molar-refractivity contribution is 8.26. The number of aromatic hydroxyl groups is 1. The van der Waals surface area contributed by atoms with E-state index in [9.17, 15) is 14.7 Å². The second kappa shape index (κ2) is 8.77. The zero-order valence-electron chi connectivity index (χ0n) is 14.9. The smallest absolute Gasteiger partial charge is 0.266 e. The molecule has 0 aromatic heterocycles. The van der Waals surface area contributed by atoms with E-state index < -0.39 is 0 Å². The van der Waals surface area contributed by atoms with Crippen molar-refractivity contribution >= 4 is 63.5 Å². The number of nitrogens with one attached hydrogen (secondary N) is 1. The van der Waals surface area contributed by atoms with Crippen molar-refractivity contribution in [2.45, 2.75) is 13.3 Å². The number of thiocarbonyl (C=S) groups is 1. The Morgan fingerprint density at radius 2 is 2.00 bits per heavy atom. The van der Waals surface area contributed by atoms with Gasteiger partial charge in [-0.1, -0.05) is 71.5 Å². The Balaban J connectivity index is 1.62. The Bertz CT molecular complexity index is 974. The van der Waals surface area contributed by atoms with Crippen LogP contribution in [0, 0.1) is 6.92 Å². The van der Waals surface area contributed by atoms with E-state index in [0.29, 0.717) is 9.23 Å². The lowest BCUT2D eigenvalue weighted by molar-refractivity contribution is -0.122. The van der Waals surface area contributed by atoms with E-state index in [1.54, 1.807) is 18.2 Å². The highest BCUT2D eigenvalue weighted by Crippen LogP contribution is 2.33. The van der Waals surface area contributed by atoms with Crippen molar-refractivity contribution in [1.82, 2.24) is 4.90 Å². The molecule has 2 aromatic carbocycles. The number of nitrogens with zero attached hydrogens (tertiary/aromatic N) is 1. The van der Waals surface area contributed by atoms with Gasteiger partial charge < -0.3 is 10.4 Å². The van der Waals surface area contributed by atoms with E-state index in [1.165, 1.54) is 22.7 Å². The Hall–Kier alpha value is -2.35. The van der Waals surface area contributed by atoms with Gasteiger partial charge in [0.25, 0.3) is 5.91 Å². The first kappa shape index (κ1) is 20.4. The molecule has 1 heterocycles. The van der Waals surface area contributed by atoms with E-state index in [-0.39, 0.29) is 41.2 Å². The third-order valence-corrected chi connectivity index (χ3v) is 5.75. The van der Waals surface area contributed by atoms with Gasteiger partial charge in [0.1, 0.15) is 4.32 Å². The second-order valence-electron chi connectivity index (χ2n) is 6.18. The molecule has 0 aliphatic carbocycles. The quantitative estimate of drug-likeness (QED) is 0.411. The van der Waals surface area contributed by atoms with Crippen molar-refractivity contribution in [2.24, 2.45) is 0 Å². The van der Waals surface area contributed by atoms with E-state index in [4.69, 9.17) is 23.8 Å². The molecular weight excluding hydrogens is 416 g/mol. The minimum atomic E-state index is -0.353. The predicted molar refractivity (Wildman–Crippen MR) is 117 cm³/mol. The summed E-state index contributed by atoms with van der Waals surface area (Å²) in [6.45, 7) is 2.15. The van der Waals surface area contributed by atoms with Crippen LogP contribution in [0.1, 0.15) is 17.5 Å². The Morgan fingerprint density at radius 3 is 2.71 bits per heavy atom. The Kier molecular flexibility index (Phi) is 6.39. The number of hydrogen-bond acceptors (Lipinski definition) is 5. The molecule has 0 atom stereocenters. The number of para-hydroxylation sites is 1. The average Bonchev–Trinajstić information content (AvgIpc) is 2.92. The van der Waals surface area contributed by atoms with Crippen LogP contribution in [-0.2, 0) is 9.59 Å². The van der Waals surface area contributed by atoms with Crippen molar-refractivity contribution < 1.29 is 14.7 Å². The normalized spacial score (nSPS) is 15.4. The fourth-order valence-electron chi connectivity index (χ4n) is 2.55. The van der Waals surface area contributed by atoms with Crippen molar-refractivity contribution in [3.05, 3.63) is 63.5 Å². The van der Waals surface area contributed by atoms with E-state index >= 15 is 0 Å². The zero-order valence-corrected chi connectivity index (χ0v) is 17.3. The second-order valence-corrected chi connectivity index (χ2v) is 8.26.